The van der Waals surface area contributed by atoms with Gasteiger partial charge in [-0.3, -0.25) is 4.40 Å². The van der Waals surface area contributed by atoms with Gasteiger partial charge >= 0.3 is 5.97 Å². The Bertz CT molecular complexity index is 727. The van der Waals surface area contributed by atoms with Crippen molar-refractivity contribution < 1.29 is 9.53 Å². The SMILES string of the molecule is COC(=O)c1cc(Cl)c2nnc(C3CC4CCC3C4)n2c1. The van der Waals surface area contributed by atoms with E-state index in [4.69, 9.17) is 16.3 Å². The Kier molecular flexibility index (Phi) is 2.92. The highest BCUT2D eigenvalue weighted by Gasteiger charge is 2.42. The molecule has 2 fully saturated rings. The van der Waals surface area contributed by atoms with Crippen LogP contribution >= 0.6 is 11.6 Å². The van der Waals surface area contributed by atoms with Gasteiger partial charge in [0.1, 0.15) is 5.82 Å². The minimum atomic E-state index is -0.397. The van der Waals surface area contributed by atoms with Gasteiger partial charge in [-0.25, -0.2) is 4.79 Å². The van der Waals surface area contributed by atoms with Gasteiger partial charge in [0.25, 0.3) is 0 Å². The number of ether oxygens (including phenoxy) is 1. The summed E-state index contributed by atoms with van der Waals surface area (Å²) in [5.74, 6) is 2.49. The molecular formula is C15H16ClN3O2. The molecule has 2 aromatic heterocycles. The van der Waals surface area contributed by atoms with Crippen LogP contribution in [-0.2, 0) is 4.74 Å². The molecule has 2 heterocycles. The van der Waals surface area contributed by atoms with Crippen molar-refractivity contribution in [3.05, 3.63) is 28.7 Å². The van der Waals surface area contributed by atoms with Crippen LogP contribution in [0.3, 0.4) is 0 Å². The van der Waals surface area contributed by atoms with Crippen LogP contribution in [0.15, 0.2) is 12.3 Å². The van der Waals surface area contributed by atoms with E-state index < -0.39 is 5.97 Å². The van der Waals surface area contributed by atoms with Crippen molar-refractivity contribution in [1.82, 2.24) is 14.6 Å². The molecule has 0 aromatic carbocycles. The number of hydrogen-bond acceptors (Lipinski definition) is 4. The quantitative estimate of drug-likeness (QED) is 0.800. The van der Waals surface area contributed by atoms with Crippen LogP contribution in [-0.4, -0.2) is 27.7 Å². The number of carbonyl (C=O) groups excluding carboxylic acids is 1. The first kappa shape index (κ1) is 13.1. The molecule has 4 rings (SSSR count). The van der Waals surface area contributed by atoms with Gasteiger partial charge < -0.3 is 4.74 Å². The van der Waals surface area contributed by atoms with Gasteiger partial charge in [-0.05, 0) is 37.2 Å². The highest BCUT2D eigenvalue weighted by molar-refractivity contribution is 6.33. The topological polar surface area (TPSA) is 56.5 Å². The standard InChI is InChI=1S/C15H16ClN3O2/c1-21-15(20)10-6-12(16)14-18-17-13(19(14)7-10)11-5-8-2-3-9(11)4-8/h6-9,11H,2-5H2,1H3. The zero-order valence-electron chi connectivity index (χ0n) is 11.8. The van der Waals surface area contributed by atoms with E-state index in [1.165, 1.54) is 32.8 Å². The third-order valence-electron chi connectivity index (χ3n) is 4.98. The predicted octanol–water partition coefficient (Wildman–Crippen LogP) is 3.07. The van der Waals surface area contributed by atoms with Crippen molar-refractivity contribution >= 4 is 23.2 Å². The van der Waals surface area contributed by atoms with Gasteiger partial charge in [0, 0.05) is 12.1 Å². The molecule has 0 N–H and O–H groups in total. The molecule has 21 heavy (non-hydrogen) atoms. The number of hydrogen-bond donors (Lipinski definition) is 0. The van der Waals surface area contributed by atoms with E-state index in [0.717, 1.165) is 11.7 Å². The number of carbonyl (C=O) groups is 1. The molecule has 3 atom stereocenters. The highest BCUT2D eigenvalue weighted by Crippen LogP contribution is 2.52. The Morgan fingerprint density at radius 3 is 2.90 bits per heavy atom. The zero-order valence-corrected chi connectivity index (χ0v) is 12.5. The summed E-state index contributed by atoms with van der Waals surface area (Å²) in [6.45, 7) is 0. The lowest BCUT2D eigenvalue weighted by atomic mass is 9.88. The fourth-order valence-electron chi connectivity index (χ4n) is 4.01. The second-order valence-corrected chi connectivity index (χ2v) is 6.51. The van der Waals surface area contributed by atoms with Gasteiger partial charge in [-0.15, -0.1) is 10.2 Å². The van der Waals surface area contributed by atoms with Gasteiger partial charge in [-0.1, -0.05) is 18.0 Å². The summed E-state index contributed by atoms with van der Waals surface area (Å²) in [7, 11) is 1.36. The first-order chi connectivity index (χ1) is 10.2. The molecule has 2 aliphatic carbocycles. The molecule has 3 unspecified atom stereocenters. The number of esters is 1. The van der Waals surface area contributed by atoms with Crippen molar-refractivity contribution in [3.8, 4) is 0 Å². The van der Waals surface area contributed by atoms with Crippen molar-refractivity contribution in [3.63, 3.8) is 0 Å². The van der Waals surface area contributed by atoms with Crippen LogP contribution in [0.1, 0.15) is 47.8 Å². The van der Waals surface area contributed by atoms with E-state index in [1.54, 1.807) is 12.3 Å². The Balaban J connectivity index is 1.83. The lowest BCUT2D eigenvalue weighted by Crippen LogP contribution is -2.13. The number of aromatic nitrogens is 3. The molecule has 0 spiro atoms. The van der Waals surface area contributed by atoms with Crippen LogP contribution in [0.25, 0.3) is 5.65 Å². The van der Waals surface area contributed by atoms with Gasteiger partial charge in [0.15, 0.2) is 5.65 Å². The number of halogens is 1. The van der Waals surface area contributed by atoms with Crippen LogP contribution in [0, 0.1) is 11.8 Å². The lowest BCUT2D eigenvalue weighted by molar-refractivity contribution is 0.0600. The largest absolute Gasteiger partial charge is 0.465 e. The molecule has 0 amide bonds. The van der Waals surface area contributed by atoms with E-state index in [0.29, 0.717) is 28.1 Å². The summed E-state index contributed by atoms with van der Waals surface area (Å²) < 4.78 is 6.65. The van der Waals surface area contributed by atoms with Crippen LogP contribution in [0.4, 0.5) is 0 Å². The summed E-state index contributed by atoms with van der Waals surface area (Å²) in [4.78, 5) is 11.8. The van der Waals surface area contributed by atoms with E-state index in [9.17, 15) is 4.79 Å². The third kappa shape index (κ3) is 1.94. The van der Waals surface area contributed by atoms with E-state index in [1.807, 2.05) is 4.40 Å². The summed E-state index contributed by atoms with van der Waals surface area (Å²) in [5.41, 5.74) is 1.04. The molecule has 2 aliphatic rings. The first-order valence-corrected chi connectivity index (χ1v) is 7.67. The fourth-order valence-corrected chi connectivity index (χ4v) is 4.26. The number of pyridine rings is 1. The highest BCUT2D eigenvalue weighted by atomic mass is 35.5. The van der Waals surface area contributed by atoms with E-state index in [-0.39, 0.29) is 0 Å². The van der Waals surface area contributed by atoms with Crippen molar-refractivity contribution in [2.24, 2.45) is 11.8 Å². The monoisotopic (exact) mass is 305 g/mol. The maximum Gasteiger partial charge on any atom is 0.339 e. The van der Waals surface area contributed by atoms with Crippen molar-refractivity contribution in [2.45, 2.75) is 31.6 Å². The fraction of sp³-hybridized carbons (Fsp3) is 0.533. The zero-order chi connectivity index (χ0) is 14.6. The van der Waals surface area contributed by atoms with Gasteiger partial charge in [0.05, 0.1) is 17.7 Å². The first-order valence-electron chi connectivity index (χ1n) is 7.30. The molecule has 5 nitrogen and oxygen atoms in total. The Morgan fingerprint density at radius 1 is 1.38 bits per heavy atom. The Hall–Kier alpha value is -1.62. The average molecular weight is 306 g/mol. The number of rotatable bonds is 2. The summed E-state index contributed by atoms with van der Waals surface area (Å²) in [6, 6.07) is 1.59. The maximum absolute atomic E-state index is 11.8. The smallest absolute Gasteiger partial charge is 0.339 e. The van der Waals surface area contributed by atoms with Crippen LogP contribution in [0.2, 0.25) is 5.02 Å². The predicted molar refractivity (Wildman–Crippen MR) is 77.5 cm³/mol. The summed E-state index contributed by atoms with van der Waals surface area (Å²) >= 11 is 6.23. The molecule has 6 heteroatoms. The number of fused-ring (bicyclic) bond motifs is 3. The molecule has 0 saturated heterocycles. The summed E-state index contributed by atoms with van der Waals surface area (Å²) in [6.07, 6.45) is 6.82. The Labute approximate surface area is 127 Å². The lowest BCUT2D eigenvalue weighted by Gasteiger charge is -2.20. The molecule has 0 radical (unpaired) electrons. The van der Waals surface area contributed by atoms with Crippen molar-refractivity contribution in [1.29, 1.82) is 0 Å². The minimum Gasteiger partial charge on any atom is -0.465 e. The van der Waals surface area contributed by atoms with Gasteiger partial charge in [-0.2, -0.15) is 0 Å². The minimum absolute atomic E-state index is 0.397. The maximum atomic E-state index is 11.8. The number of methoxy groups -OCH3 is 1. The van der Waals surface area contributed by atoms with E-state index in [2.05, 4.69) is 10.2 Å². The average Bonchev–Trinajstić information content (AvgIpc) is 3.20. The molecule has 2 bridgehead atoms. The molecular weight excluding hydrogens is 290 g/mol. The summed E-state index contributed by atoms with van der Waals surface area (Å²) in [5, 5.41) is 8.99. The van der Waals surface area contributed by atoms with Crippen LogP contribution in [0.5, 0.6) is 0 Å². The van der Waals surface area contributed by atoms with E-state index >= 15 is 0 Å². The third-order valence-corrected chi connectivity index (χ3v) is 5.26. The molecule has 0 aliphatic heterocycles. The Morgan fingerprint density at radius 2 is 2.24 bits per heavy atom. The van der Waals surface area contributed by atoms with Gasteiger partial charge in [0.2, 0.25) is 0 Å². The second kappa shape index (κ2) is 4.70. The molecule has 2 aromatic rings. The number of nitrogens with zero attached hydrogens (tertiary/aromatic N) is 3. The second-order valence-electron chi connectivity index (χ2n) is 6.10. The van der Waals surface area contributed by atoms with Crippen molar-refractivity contribution in [2.75, 3.05) is 7.11 Å². The van der Waals surface area contributed by atoms with Crippen LogP contribution < -0.4 is 0 Å². The molecule has 110 valence electrons. The molecule has 2 saturated carbocycles. The normalized spacial score (nSPS) is 27.4.